The summed E-state index contributed by atoms with van der Waals surface area (Å²) < 4.78 is 10.7. The standard InChI is InChI=1S/C25H30ClN3O6/c1-3-4-9-19(24(32)29(2)14-17-7-5-6-8-18(17)26)27-25(33)28-20(13-23(30)31)16-10-11-21-22(12-16)35-15-34-21/h5-8,10-12,19-20H,3-4,9,13-15H2,1-2H3,(H,30,31)(H2,27,28,33)/t19-,20-/m0/s1. The summed E-state index contributed by atoms with van der Waals surface area (Å²) in [6.45, 7) is 2.38. The minimum Gasteiger partial charge on any atom is -0.481 e. The van der Waals surface area contributed by atoms with Crippen LogP contribution in [0.4, 0.5) is 4.79 Å². The van der Waals surface area contributed by atoms with E-state index in [0.717, 1.165) is 18.4 Å². The van der Waals surface area contributed by atoms with Crippen LogP contribution >= 0.6 is 11.6 Å². The summed E-state index contributed by atoms with van der Waals surface area (Å²) in [5, 5.41) is 15.4. The van der Waals surface area contributed by atoms with Crippen molar-refractivity contribution in [2.45, 2.75) is 51.2 Å². The van der Waals surface area contributed by atoms with E-state index in [-0.39, 0.29) is 19.1 Å². The molecule has 2 atom stereocenters. The molecule has 0 aromatic heterocycles. The summed E-state index contributed by atoms with van der Waals surface area (Å²) in [6.07, 6.45) is 1.69. The minimum absolute atomic E-state index is 0.0826. The number of nitrogens with zero attached hydrogens (tertiary/aromatic N) is 1. The topological polar surface area (TPSA) is 117 Å². The van der Waals surface area contributed by atoms with Crippen LogP contribution in [0.5, 0.6) is 11.5 Å². The first kappa shape index (κ1) is 26.2. The highest BCUT2D eigenvalue weighted by Gasteiger charge is 2.27. The molecule has 1 aliphatic rings. The lowest BCUT2D eigenvalue weighted by Crippen LogP contribution is -2.51. The second kappa shape index (κ2) is 12.3. The summed E-state index contributed by atoms with van der Waals surface area (Å²) in [7, 11) is 1.66. The first-order valence-electron chi connectivity index (χ1n) is 11.4. The monoisotopic (exact) mass is 503 g/mol. The number of carbonyl (C=O) groups is 3. The molecule has 0 unspecified atom stereocenters. The predicted octanol–water partition coefficient (Wildman–Crippen LogP) is 4.10. The van der Waals surface area contributed by atoms with Crippen LogP contribution in [0.1, 0.15) is 49.8 Å². The first-order valence-corrected chi connectivity index (χ1v) is 11.8. The number of carboxylic acids is 1. The van der Waals surface area contributed by atoms with Crippen LogP contribution in [-0.4, -0.2) is 47.8 Å². The zero-order valence-electron chi connectivity index (χ0n) is 19.8. The molecule has 0 saturated carbocycles. The molecule has 0 saturated heterocycles. The molecule has 1 heterocycles. The van der Waals surface area contributed by atoms with Gasteiger partial charge in [0.25, 0.3) is 0 Å². The molecule has 3 amide bonds. The number of rotatable bonds is 11. The van der Waals surface area contributed by atoms with Crippen LogP contribution in [0.3, 0.4) is 0 Å². The molecular formula is C25H30ClN3O6. The van der Waals surface area contributed by atoms with Gasteiger partial charge < -0.3 is 30.1 Å². The van der Waals surface area contributed by atoms with Gasteiger partial charge in [-0.3, -0.25) is 9.59 Å². The van der Waals surface area contributed by atoms with Crippen molar-refractivity contribution < 1.29 is 29.0 Å². The van der Waals surface area contributed by atoms with Crippen molar-refractivity contribution >= 4 is 29.5 Å². The predicted molar refractivity (Wildman–Crippen MR) is 130 cm³/mol. The average Bonchev–Trinajstić information content (AvgIpc) is 3.30. The number of unbranched alkanes of at least 4 members (excludes halogenated alkanes) is 1. The molecule has 10 heteroatoms. The maximum absolute atomic E-state index is 13.2. The normalized spacial score (nSPS) is 13.6. The number of urea groups is 1. The van der Waals surface area contributed by atoms with Gasteiger partial charge in [-0.2, -0.15) is 0 Å². The van der Waals surface area contributed by atoms with Gasteiger partial charge in [0.05, 0.1) is 12.5 Å². The van der Waals surface area contributed by atoms with Gasteiger partial charge in [-0.05, 0) is 35.7 Å². The number of carbonyl (C=O) groups excluding carboxylic acids is 2. The minimum atomic E-state index is -1.08. The van der Waals surface area contributed by atoms with E-state index in [4.69, 9.17) is 21.1 Å². The Morgan fingerprint density at radius 3 is 2.57 bits per heavy atom. The Hall–Kier alpha value is -3.46. The molecule has 0 fully saturated rings. The van der Waals surface area contributed by atoms with Gasteiger partial charge in [0.1, 0.15) is 6.04 Å². The van der Waals surface area contributed by atoms with E-state index in [1.165, 1.54) is 4.90 Å². The first-order chi connectivity index (χ1) is 16.8. The molecule has 2 aromatic carbocycles. The van der Waals surface area contributed by atoms with Crippen LogP contribution in [0.2, 0.25) is 5.02 Å². The third-order valence-electron chi connectivity index (χ3n) is 5.67. The Morgan fingerprint density at radius 2 is 1.86 bits per heavy atom. The van der Waals surface area contributed by atoms with Crippen molar-refractivity contribution in [2.75, 3.05) is 13.8 Å². The number of fused-ring (bicyclic) bond motifs is 1. The fourth-order valence-electron chi connectivity index (χ4n) is 3.81. The number of amides is 3. The zero-order valence-corrected chi connectivity index (χ0v) is 20.5. The number of likely N-dealkylation sites (N-methyl/N-ethyl adjacent to an activating group) is 1. The van der Waals surface area contributed by atoms with Crippen molar-refractivity contribution in [3.63, 3.8) is 0 Å². The lowest BCUT2D eigenvalue weighted by molar-refractivity contribution is -0.137. The van der Waals surface area contributed by atoms with Crippen LogP contribution in [-0.2, 0) is 16.1 Å². The van der Waals surface area contributed by atoms with E-state index >= 15 is 0 Å². The maximum Gasteiger partial charge on any atom is 0.315 e. The largest absolute Gasteiger partial charge is 0.481 e. The molecule has 188 valence electrons. The summed E-state index contributed by atoms with van der Waals surface area (Å²) in [5.41, 5.74) is 1.35. The number of hydrogen-bond donors (Lipinski definition) is 3. The van der Waals surface area contributed by atoms with Crippen molar-refractivity contribution in [2.24, 2.45) is 0 Å². The van der Waals surface area contributed by atoms with Gasteiger partial charge >= 0.3 is 12.0 Å². The van der Waals surface area contributed by atoms with Gasteiger partial charge in [0.15, 0.2) is 11.5 Å². The Balaban J connectivity index is 1.70. The Bertz CT molecular complexity index is 1060. The van der Waals surface area contributed by atoms with Crippen molar-refractivity contribution in [1.29, 1.82) is 0 Å². The molecule has 0 aliphatic carbocycles. The number of ether oxygens (including phenoxy) is 2. The summed E-state index contributed by atoms with van der Waals surface area (Å²) in [6, 6.07) is 10.0. The second-order valence-electron chi connectivity index (χ2n) is 8.36. The number of halogens is 1. The van der Waals surface area contributed by atoms with Gasteiger partial charge in [0.2, 0.25) is 12.7 Å². The van der Waals surface area contributed by atoms with E-state index in [9.17, 15) is 19.5 Å². The molecule has 2 aromatic rings. The highest BCUT2D eigenvalue weighted by Crippen LogP contribution is 2.34. The van der Waals surface area contributed by atoms with Crippen molar-refractivity contribution in [1.82, 2.24) is 15.5 Å². The SMILES string of the molecule is CCCC[C@H](NC(=O)N[C@@H](CC(=O)O)c1ccc2c(c1)OCO2)C(=O)N(C)Cc1ccccc1Cl. The average molecular weight is 504 g/mol. The molecule has 0 spiro atoms. The fourth-order valence-corrected chi connectivity index (χ4v) is 4.00. The molecule has 3 N–H and O–H groups in total. The third-order valence-corrected chi connectivity index (χ3v) is 6.04. The number of carboxylic acid groups (broad SMARTS) is 1. The van der Waals surface area contributed by atoms with E-state index in [1.807, 2.05) is 25.1 Å². The lowest BCUT2D eigenvalue weighted by Gasteiger charge is -2.26. The highest BCUT2D eigenvalue weighted by molar-refractivity contribution is 6.31. The summed E-state index contributed by atoms with van der Waals surface area (Å²) in [5.74, 6) is -0.297. The fraction of sp³-hybridized carbons (Fsp3) is 0.400. The summed E-state index contributed by atoms with van der Waals surface area (Å²) in [4.78, 5) is 39.1. The lowest BCUT2D eigenvalue weighted by atomic mass is 10.0. The Kier molecular flexibility index (Phi) is 9.19. The Labute approximate surface area is 209 Å². The van der Waals surface area contributed by atoms with Crippen LogP contribution in [0, 0.1) is 0 Å². The zero-order chi connectivity index (χ0) is 25.4. The number of benzene rings is 2. The van der Waals surface area contributed by atoms with E-state index in [0.29, 0.717) is 35.1 Å². The van der Waals surface area contributed by atoms with Crippen LogP contribution in [0.15, 0.2) is 42.5 Å². The van der Waals surface area contributed by atoms with Crippen LogP contribution < -0.4 is 20.1 Å². The van der Waals surface area contributed by atoms with Crippen molar-refractivity contribution in [3.05, 3.63) is 58.6 Å². The molecule has 35 heavy (non-hydrogen) atoms. The number of aliphatic carboxylic acids is 1. The van der Waals surface area contributed by atoms with Crippen molar-refractivity contribution in [3.8, 4) is 11.5 Å². The van der Waals surface area contributed by atoms with Gasteiger partial charge in [0, 0.05) is 18.6 Å². The smallest absolute Gasteiger partial charge is 0.315 e. The molecule has 0 bridgehead atoms. The quantitative estimate of drug-likeness (QED) is 0.425. The maximum atomic E-state index is 13.2. The molecule has 1 aliphatic heterocycles. The van der Waals surface area contributed by atoms with Gasteiger partial charge in [-0.15, -0.1) is 0 Å². The Morgan fingerprint density at radius 1 is 1.11 bits per heavy atom. The van der Waals surface area contributed by atoms with Gasteiger partial charge in [-0.25, -0.2) is 4.79 Å². The second-order valence-corrected chi connectivity index (χ2v) is 8.77. The van der Waals surface area contributed by atoms with Gasteiger partial charge in [-0.1, -0.05) is 55.6 Å². The van der Waals surface area contributed by atoms with E-state index < -0.39 is 24.1 Å². The van der Waals surface area contributed by atoms with Crippen LogP contribution in [0.25, 0.3) is 0 Å². The molecule has 0 radical (unpaired) electrons. The number of nitrogens with one attached hydrogen (secondary N) is 2. The van der Waals surface area contributed by atoms with E-state index in [1.54, 1.807) is 31.3 Å². The number of hydrogen-bond acceptors (Lipinski definition) is 5. The molecule has 3 rings (SSSR count). The highest BCUT2D eigenvalue weighted by atomic mass is 35.5. The molecule has 9 nitrogen and oxygen atoms in total. The molecular weight excluding hydrogens is 474 g/mol. The summed E-state index contributed by atoms with van der Waals surface area (Å²) >= 11 is 6.23. The third kappa shape index (κ3) is 7.26. The van der Waals surface area contributed by atoms with E-state index in [2.05, 4.69) is 10.6 Å².